The lowest BCUT2D eigenvalue weighted by molar-refractivity contribution is -0.122. The predicted octanol–water partition coefficient (Wildman–Crippen LogP) is 5.05. The summed E-state index contributed by atoms with van der Waals surface area (Å²) in [6.07, 6.45) is 0. The molecule has 0 atom stereocenters. The van der Waals surface area contributed by atoms with Gasteiger partial charge in [-0.25, -0.2) is 14.8 Å². The van der Waals surface area contributed by atoms with E-state index in [1.165, 1.54) is 25.2 Å². The highest BCUT2D eigenvalue weighted by Gasteiger charge is 2.38. The highest BCUT2D eigenvalue weighted by atomic mass is 79.9. The highest BCUT2D eigenvalue weighted by Crippen LogP contribution is 2.42. The molecular formula is C30H28BrN3O6. The number of amides is 3. The first kappa shape index (κ1) is 28.7. The third kappa shape index (κ3) is 5.68. The molecule has 0 spiro atoms. The molecule has 10 heteroatoms. The van der Waals surface area contributed by atoms with E-state index in [1.807, 2.05) is 30.3 Å². The zero-order valence-corrected chi connectivity index (χ0v) is 24.1. The van der Waals surface area contributed by atoms with E-state index in [9.17, 15) is 19.2 Å². The van der Waals surface area contributed by atoms with Crippen LogP contribution in [0.25, 0.3) is 11.3 Å². The van der Waals surface area contributed by atoms with E-state index >= 15 is 0 Å². The van der Waals surface area contributed by atoms with Crippen LogP contribution in [0.15, 0.2) is 66.7 Å². The number of methoxy groups -OCH3 is 1. The second kappa shape index (κ2) is 12.3. The van der Waals surface area contributed by atoms with E-state index < -0.39 is 17.8 Å². The standard InChI is InChI=1S/C30H28BrN3O6/c1-18-16-24-25(17-23(18)30(38)39-4)34(19(2)35)29(37)26(24)27(20-8-6-5-7-9-20)32-22-12-10-21(11-13-22)28(36)33(3)40-15-14-31/h5-13,16-17,32H,14-15H2,1-4H3. The van der Waals surface area contributed by atoms with Crippen molar-refractivity contribution in [1.82, 2.24) is 5.06 Å². The second-order valence-electron chi connectivity index (χ2n) is 8.98. The Morgan fingerprint density at radius 2 is 1.68 bits per heavy atom. The van der Waals surface area contributed by atoms with E-state index in [1.54, 1.807) is 44.3 Å². The van der Waals surface area contributed by atoms with E-state index in [0.717, 1.165) is 4.90 Å². The lowest BCUT2D eigenvalue weighted by Crippen LogP contribution is -2.31. The van der Waals surface area contributed by atoms with Crippen molar-refractivity contribution < 1.29 is 28.8 Å². The van der Waals surface area contributed by atoms with Crippen molar-refractivity contribution in [3.8, 4) is 0 Å². The molecule has 0 saturated carbocycles. The van der Waals surface area contributed by atoms with Crippen LogP contribution >= 0.6 is 15.9 Å². The molecule has 0 fully saturated rings. The SMILES string of the molecule is COC(=O)c1cc2c(cc1C)C(=C(Nc1ccc(C(=O)N(C)OCCBr)cc1)c1ccccc1)C(=O)N2C(C)=O. The summed E-state index contributed by atoms with van der Waals surface area (Å²) >= 11 is 3.26. The summed E-state index contributed by atoms with van der Waals surface area (Å²) in [4.78, 5) is 57.9. The number of hydroxylamine groups is 2. The third-order valence-electron chi connectivity index (χ3n) is 6.35. The molecule has 0 unspecified atom stereocenters. The minimum atomic E-state index is -0.562. The van der Waals surface area contributed by atoms with E-state index in [4.69, 9.17) is 9.57 Å². The summed E-state index contributed by atoms with van der Waals surface area (Å²) in [5, 5.41) is 5.10. The van der Waals surface area contributed by atoms with E-state index in [2.05, 4.69) is 21.2 Å². The van der Waals surface area contributed by atoms with Crippen LogP contribution < -0.4 is 10.2 Å². The average Bonchev–Trinajstić information content (AvgIpc) is 3.24. The zero-order chi connectivity index (χ0) is 29.0. The van der Waals surface area contributed by atoms with Crippen LogP contribution in [0.5, 0.6) is 0 Å². The van der Waals surface area contributed by atoms with Gasteiger partial charge in [0.05, 0.1) is 36.2 Å². The van der Waals surface area contributed by atoms with Crippen molar-refractivity contribution in [3.63, 3.8) is 0 Å². The number of ether oxygens (including phenoxy) is 1. The Balaban J connectivity index is 1.83. The van der Waals surface area contributed by atoms with Gasteiger partial charge in [-0.05, 0) is 54.4 Å². The van der Waals surface area contributed by atoms with Crippen molar-refractivity contribution >= 4 is 62.3 Å². The Bertz CT molecular complexity index is 1500. The average molecular weight is 606 g/mol. The lowest BCUT2D eigenvalue weighted by atomic mass is 9.96. The molecule has 1 heterocycles. The number of fused-ring (bicyclic) bond motifs is 1. The first-order valence-electron chi connectivity index (χ1n) is 12.4. The maximum atomic E-state index is 13.8. The number of carbonyl (C=O) groups is 4. The molecule has 3 aromatic carbocycles. The minimum absolute atomic E-state index is 0.265. The summed E-state index contributed by atoms with van der Waals surface area (Å²) in [7, 11) is 2.82. The molecular weight excluding hydrogens is 578 g/mol. The van der Waals surface area contributed by atoms with Gasteiger partial charge in [0.25, 0.3) is 11.8 Å². The number of halogens is 1. The van der Waals surface area contributed by atoms with Gasteiger partial charge in [0, 0.05) is 36.1 Å². The fourth-order valence-corrected chi connectivity index (χ4v) is 4.58. The molecule has 0 aromatic heterocycles. The molecule has 1 N–H and O–H groups in total. The Labute approximate surface area is 240 Å². The Hall–Kier alpha value is -4.28. The van der Waals surface area contributed by atoms with Crippen LogP contribution in [0.4, 0.5) is 11.4 Å². The summed E-state index contributed by atoms with van der Waals surface area (Å²) in [6, 6.07) is 19.2. The molecule has 1 aliphatic rings. The van der Waals surface area contributed by atoms with Crippen molar-refractivity contribution in [3.05, 3.63) is 94.5 Å². The maximum absolute atomic E-state index is 13.8. The molecule has 0 aliphatic carbocycles. The first-order valence-corrected chi connectivity index (χ1v) is 13.5. The summed E-state index contributed by atoms with van der Waals surface area (Å²) < 4.78 is 4.89. The van der Waals surface area contributed by atoms with Crippen molar-refractivity contribution in [2.75, 3.05) is 36.3 Å². The van der Waals surface area contributed by atoms with Gasteiger partial charge in [-0.1, -0.05) is 46.3 Å². The van der Waals surface area contributed by atoms with Gasteiger partial charge in [-0.3, -0.25) is 19.2 Å². The van der Waals surface area contributed by atoms with Crippen molar-refractivity contribution in [2.24, 2.45) is 0 Å². The minimum Gasteiger partial charge on any atom is -0.465 e. The number of aryl methyl sites for hydroxylation is 1. The van der Waals surface area contributed by atoms with E-state index in [-0.39, 0.29) is 17.0 Å². The molecule has 3 aromatic rings. The fraction of sp³-hybridized carbons (Fsp3) is 0.200. The number of esters is 1. The summed E-state index contributed by atoms with van der Waals surface area (Å²) in [5.74, 6) is -1.87. The normalized spacial score (nSPS) is 13.5. The number of carbonyl (C=O) groups excluding carboxylic acids is 4. The van der Waals surface area contributed by atoms with Gasteiger partial charge in [-0.2, -0.15) is 0 Å². The summed E-state index contributed by atoms with van der Waals surface area (Å²) in [5.41, 5.74) is 4.17. The van der Waals surface area contributed by atoms with Crippen LogP contribution in [0.1, 0.15) is 44.3 Å². The maximum Gasteiger partial charge on any atom is 0.338 e. The Kier molecular flexibility index (Phi) is 8.81. The first-order chi connectivity index (χ1) is 19.2. The zero-order valence-electron chi connectivity index (χ0n) is 22.5. The number of nitrogens with zero attached hydrogens (tertiary/aromatic N) is 2. The molecule has 1 aliphatic heterocycles. The molecule has 40 heavy (non-hydrogen) atoms. The Morgan fingerprint density at radius 3 is 2.27 bits per heavy atom. The van der Waals surface area contributed by atoms with Crippen LogP contribution in [0.3, 0.4) is 0 Å². The highest BCUT2D eigenvalue weighted by molar-refractivity contribution is 9.09. The number of nitrogens with one attached hydrogen (secondary N) is 1. The molecule has 0 saturated heterocycles. The van der Waals surface area contributed by atoms with Gasteiger partial charge in [0.2, 0.25) is 5.91 Å². The van der Waals surface area contributed by atoms with Crippen LogP contribution in [-0.2, 0) is 19.2 Å². The van der Waals surface area contributed by atoms with Gasteiger partial charge in [-0.15, -0.1) is 0 Å². The molecule has 206 valence electrons. The largest absolute Gasteiger partial charge is 0.465 e. The molecule has 0 bridgehead atoms. The van der Waals surface area contributed by atoms with Crippen molar-refractivity contribution in [1.29, 1.82) is 0 Å². The van der Waals surface area contributed by atoms with Crippen LogP contribution in [0.2, 0.25) is 0 Å². The molecule has 4 rings (SSSR count). The molecule has 9 nitrogen and oxygen atoms in total. The van der Waals surface area contributed by atoms with Crippen molar-refractivity contribution in [2.45, 2.75) is 13.8 Å². The number of anilines is 2. The topological polar surface area (TPSA) is 105 Å². The van der Waals surface area contributed by atoms with Gasteiger partial charge >= 0.3 is 5.97 Å². The molecule has 3 amide bonds. The quantitative estimate of drug-likeness (QED) is 0.166. The fourth-order valence-electron chi connectivity index (χ4n) is 4.44. The number of imide groups is 1. The van der Waals surface area contributed by atoms with Gasteiger partial charge in [0.1, 0.15) is 0 Å². The van der Waals surface area contributed by atoms with Crippen LogP contribution in [-0.4, -0.2) is 54.8 Å². The third-order valence-corrected chi connectivity index (χ3v) is 6.68. The number of alkyl halides is 1. The van der Waals surface area contributed by atoms with Gasteiger partial charge in [0.15, 0.2) is 0 Å². The number of benzene rings is 3. The second-order valence-corrected chi connectivity index (χ2v) is 9.77. The smallest absolute Gasteiger partial charge is 0.338 e. The number of hydrogen-bond donors (Lipinski definition) is 1. The van der Waals surface area contributed by atoms with Crippen LogP contribution in [0, 0.1) is 6.92 Å². The molecule has 0 radical (unpaired) electrons. The van der Waals surface area contributed by atoms with E-state index in [0.29, 0.717) is 51.3 Å². The predicted molar refractivity (Wildman–Crippen MR) is 156 cm³/mol. The monoisotopic (exact) mass is 605 g/mol. The number of hydrogen-bond acceptors (Lipinski definition) is 7. The lowest BCUT2D eigenvalue weighted by Gasteiger charge is -2.17. The Morgan fingerprint density at radius 1 is 1.00 bits per heavy atom. The summed E-state index contributed by atoms with van der Waals surface area (Å²) in [6.45, 7) is 3.39. The van der Waals surface area contributed by atoms with Gasteiger partial charge < -0.3 is 10.1 Å². The number of rotatable bonds is 8.